The number of carboxylic acids is 1. The lowest BCUT2D eigenvalue weighted by Gasteiger charge is -2.22. The number of carbonyl (C=O) groups excluding carboxylic acids is 1. The van der Waals surface area contributed by atoms with Crippen molar-refractivity contribution in [3.05, 3.63) is 0 Å². The molecule has 0 spiro atoms. The molecule has 0 aromatic carbocycles. The fourth-order valence-corrected chi connectivity index (χ4v) is 1.88. The standard InChI is InChI=1S/C10H18N2O3/c1-7(8(13)14)5-12-4-3-10(2,6-12)9(11)15/h7H,3-6H2,1-2H3,(H2,11,15)(H,13,14). The molecule has 15 heavy (non-hydrogen) atoms. The van der Waals surface area contributed by atoms with Gasteiger partial charge in [0.15, 0.2) is 0 Å². The molecule has 2 unspecified atom stereocenters. The lowest BCUT2D eigenvalue weighted by atomic mass is 9.89. The molecule has 0 saturated carbocycles. The summed E-state index contributed by atoms with van der Waals surface area (Å²) in [4.78, 5) is 23.8. The molecule has 0 aromatic heterocycles. The SMILES string of the molecule is CC(CN1CCC(C)(C(N)=O)C1)C(=O)O. The second kappa shape index (κ2) is 4.18. The number of nitrogens with two attached hydrogens (primary N) is 1. The average molecular weight is 214 g/mol. The smallest absolute Gasteiger partial charge is 0.307 e. The third-order valence-corrected chi connectivity index (χ3v) is 3.10. The van der Waals surface area contributed by atoms with Crippen molar-refractivity contribution in [2.45, 2.75) is 20.3 Å². The van der Waals surface area contributed by atoms with Crippen molar-refractivity contribution in [1.29, 1.82) is 0 Å². The van der Waals surface area contributed by atoms with Crippen LogP contribution in [0.25, 0.3) is 0 Å². The molecule has 0 bridgehead atoms. The molecule has 5 nitrogen and oxygen atoms in total. The molecule has 1 aliphatic rings. The van der Waals surface area contributed by atoms with E-state index in [1.165, 1.54) is 0 Å². The molecular formula is C10H18N2O3. The van der Waals surface area contributed by atoms with E-state index in [1.807, 2.05) is 11.8 Å². The van der Waals surface area contributed by atoms with Crippen molar-refractivity contribution in [2.24, 2.45) is 17.1 Å². The fourth-order valence-electron chi connectivity index (χ4n) is 1.88. The van der Waals surface area contributed by atoms with E-state index in [4.69, 9.17) is 10.8 Å². The number of hydrogen-bond donors (Lipinski definition) is 2. The quantitative estimate of drug-likeness (QED) is 0.684. The summed E-state index contributed by atoms with van der Waals surface area (Å²) >= 11 is 0. The van der Waals surface area contributed by atoms with Crippen LogP contribution in [0.2, 0.25) is 0 Å². The Morgan fingerprint density at radius 2 is 2.20 bits per heavy atom. The molecule has 3 N–H and O–H groups in total. The van der Waals surface area contributed by atoms with E-state index < -0.39 is 17.3 Å². The van der Waals surface area contributed by atoms with Gasteiger partial charge in [-0.05, 0) is 19.9 Å². The molecule has 5 heteroatoms. The Morgan fingerprint density at radius 1 is 1.60 bits per heavy atom. The zero-order valence-corrected chi connectivity index (χ0v) is 9.19. The van der Waals surface area contributed by atoms with Gasteiger partial charge >= 0.3 is 5.97 Å². The van der Waals surface area contributed by atoms with E-state index in [1.54, 1.807) is 6.92 Å². The van der Waals surface area contributed by atoms with Crippen LogP contribution >= 0.6 is 0 Å². The van der Waals surface area contributed by atoms with Crippen LogP contribution in [-0.4, -0.2) is 41.5 Å². The van der Waals surface area contributed by atoms with Crippen LogP contribution in [0.15, 0.2) is 0 Å². The van der Waals surface area contributed by atoms with Gasteiger partial charge in [0.1, 0.15) is 0 Å². The monoisotopic (exact) mass is 214 g/mol. The summed E-state index contributed by atoms with van der Waals surface area (Å²) < 4.78 is 0. The maximum atomic E-state index is 11.2. The van der Waals surface area contributed by atoms with E-state index in [-0.39, 0.29) is 5.91 Å². The van der Waals surface area contributed by atoms with E-state index in [9.17, 15) is 9.59 Å². The number of amides is 1. The first-order valence-corrected chi connectivity index (χ1v) is 5.10. The van der Waals surface area contributed by atoms with Crippen molar-refractivity contribution in [3.8, 4) is 0 Å². The zero-order chi connectivity index (χ0) is 11.6. The fraction of sp³-hybridized carbons (Fsp3) is 0.800. The molecule has 0 aromatic rings. The molecule has 1 heterocycles. The Hall–Kier alpha value is -1.10. The second-order valence-electron chi connectivity index (χ2n) is 4.65. The summed E-state index contributed by atoms with van der Waals surface area (Å²) in [5.41, 5.74) is 4.82. The molecule has 1 fully saturated rings. The van der Waals surface area contributed by atoms with Gasteiger partial charge in [0.05, 0.1) is 11.3 Å². The largest absolute Gasteiger partial charge is 0.481 e. The Balaban J connectivity index is 2.50. The lowest BCUT2D eigenvalue weighted by Crippen LogP contribution is -2.38. The van der Waals surface area contributed by atoms with Crippen molar-refractivity contribution in [1.82, 2.24) is 4.90 Å². The Morgan fingerprint density at radius 3 is 2.60 bits per heavy atom. The van der Waals surface area contributed by atoms with E-state index in [0.717, 1.165) is 6.54 Å². The Labute approximate surface area is 89.2 Å². The second-order valence-corrected chi connectivity index (χ2v) is 4.65. The molecule has 1 rings (SSSR count). The van der Waals surface area contributed by atoms with Crippen LogP contribution in [-0.2, 0) is 9.59 Å². The van der Waals surface area contributed by atoms with Gasteiger partial charge in [-0.1, -0.05) is 6.92 Å². The van der Waals surface area contributed by atoms with E-state index in [0.29, 0.717) is 19.5 Å². The minimum absolute atomic E-state index is 0.298. The first-order valence-electron chi connectivity index (χ1n) is 5.10. The van der Waals surface area contributed by atoms with Gasteiger partial charge in [0.25, 0.3) is 0 Å². The van der Waals surface area contributed by atoms with E-state index in [2.05, 4.69) is 0 Å². The minimum Gasteiger partial charge on any atom is -0.481 e. The number of aliphatic carboxylic acids is 1. The van der Waals surface area contributed by atoms with Crippen LogP contribution in [0, 0.1) is 11.3 Å². The Kier molecular flexibility index (Phi) is 3.34. The first-order chi connectivity index (χ1) is 6.85. The predicted molar refractivity (Wildman–Crippen MR) is 55.2 cm³/mol. The summed E-state index contributed by atoms with van der Waals surface area (Å²) in [7, 11) is 0. The number of likely N-dealkylation sites (tertiary alicyclic amines) is 1. The number of nitrogens with zero attached hydrogens (tertiary/aromatic N) is 1. The van der Waals surface area contributed by atoms with Gasteiger partial charge in [0.2, 0.25) is 5.91 Å². The molecule has 1 amide bonds. The number of carbonyl (C=O) groups is 2. The van der Waals surface area contributed by atoms with E-state index >= 15 is 0 Å². The zero-order valence-electron chi connectivity index (χ0n) is 9.19. The highest BCUT2D eigenvalue weighted by molar-refractivity contribution is 5.81. The summed E-state index contributed by atoms with van der Waals surface area (Å²) in [5.74, 6) is -1.50. The van der Waals surface area contributed by atoms with Crippen LogP contribution < -0.4 is 5.73 Å². The van der Waals surface area contributed by atoms with Crippen molar-refractivity contribution < 1.29 is 14.7 Å². The highest BCUT2D eigenvalue weighted by atomic mass is 16.4. The number of primary amides is 1. The van der Waals surface area contributed by atoms with Crippen LogP contribution in [0.4, 0.5) is 0 Å². The van der Waals surface area contributed by atoms with Gasteiger partial charge in [-0.2, -0.15) is 0 Å². The minimum atomic E-state index is -0.803. The summed E-state index contributed by atoms with van der Waals surface area (Å²) in [5, 5.41) is 8.76. The predicted octanol–water partition coefficient (Wildman–Crippen LogP) is -0.0956. The van der Waals surface area contributed by atoms with Crippen LogP contribution in [0.5, 0.6) is 0 Å². The topological polar surface area (TPSA) is 83.6 Å². The van der Waals surface area contributed by atoms with Crippen LogP contribution in [0.1, 0.15) is 20.3 Å². The third-order valence-electron chi connectivity index (χ3n) is 3.10. The maximum Gasteiger partial charge on any atom is 0.307 e. The van der Waals surface area contributed by atoms with Crippen molar-refractivity contribution in [2.75, 3.05) is 19.6 Å². The van der Waals surface area contributed by atoms with Gasteiger partial charge in [-0.3, -0.25) is 9.59 Å². The lowest BCUT2D eigenvalue weighted by molar-refractivity contribution is -0.141. The third kappa shape index (κ3) is 2.68. The number of hydrogen-bond acceptors (Lipinski definition) is 3. The average Bonchev–Trinajstić information content (AvgIpc) is 2.48. The van der Waals surface area contributed by atoms with Crippen LogP contribution in [0.3, 0.4) is 0 Å². The summed E-state index contributed by atoms with van der Waals surface area (Å²) in [6, 6.07) is 0. The van der Waals surface area contributed by atoms with Gasteiger partial charge < -0.3 is 15.7 Å². The summed E-state index contributed by atoms with van der Waals surface area (Å²) in [6.45, 7) is 5.30. The molecular weight excluding hydrogens is 196 g/mol. The summed E-state index contributed by atoms with van der Waals surface area (Å²) in [6.07, 6.45) is 0.717. The molecule has 86 valence electrons. The molecule has 0 radical (unpaired) electrons. The molecule has 1 aliphatic heterocycles. The number of rotatable bonds is 4. The highest BCUT2D eigenvalue weighted by Crippen LogP contribution is 2.29. The highest BCUT2D eigenvalue weighted by Gasteiger charge is 2.39. The van der Waals surface area contributed by atoms with Gasteiger partial charge in [-0.25, -0.2) is 0 Å². The van der Waals surface area contributed by atoms with Gasteiger partial charge in [0, 0.05) is 13.1 Å². The Bertz CT molecular complexity index is 280. The van der Waals surface area contributed by atoms with Crippen molar-refractivity contribution >= 4 is 11.9 Å². The molecule has 2 atom stereocenters. The number of carboxylic acid groups (broad SMARTS) is 1. The molecule has 0 aliphatic carbocycles. The molecule has 1 saturated heterocycles. The first kappa shape index (κ1) is 12.0. The van der Waals surface area contributed by atoms with Gasteiger partial charge in [-0.15, -0.1) is 0 Å². The van der Waals surface area contributed by atoms with Crippen molar-refractivity contribution in [3.63, 3.8) is 0 Å². The normalized spacial score (nSPS) is 28.9. The maximum absolute atomic E-state index is 11.2.